The van der Waals surface area contributed by atoms with Crippen LogP contribution in [0, 0.1) is 0 Å². The van der Waals surface area contributed by atoms with Gasteiger partial charge in [-0.05, 0) is 61.3 Å². The minimum atomic E-state index is 0.906. The predicted octanol–water partition coefficient (Wildman–Crippen LogP) is 4.62. The van der Waals surface area contributed by atoms with Gasteiger partial charge in [0.2, 0.25) is 0 Å². The topological polar surface area (TPSA) is 26.0 Å². The molecule has 0 aliphatic carbocycles. The first kappa shape index (κ1) is 15.3. The molecular formula is C18H25N. The molecule has 0 heterocycles. The molecule has 1 rings (SSSR count). The predicted molar refractivity (Wildman–Crippen MR) is 86.4 cm³/mol. The van der Waals surface area contributed by atoms with Gasteiger partial charge in [-0.25, -0.2) is 0 Å². The van der Waals surface area contributed by atoms with E-state index in [1.165, 1.54) is 16.7 Å². The first-order chi connectivity index (χ1) is 9.24. The van der Waals surface area contributed by atoms with Gasteiger partial charge in [0, 0.05) is 5.69 Å². The minimum absolute atomic E-state index is 0.906. The smallest absolute Gasteiger partial charge is 0.0349 e. The van der Waals surface area contributed by atoms with Gasteiger partial charge in [-0.2, -0.15) is 0 Å². The molecule has 0 saturated heterocycles. The van der Waals surface area contributed by atoms with Crippen molar-refractivity contribution in [2.75, 3.05) is 5.73 Å². The highest BCUT2D eigenvalue weighted by Gasteiger charge is 2.10. The zero-order valence-electron chi connectivity index (χ0n) is 11.8. The maximum Gasteiger partial charge on any atom is 0.0349 e. The molecule has 102 valence electrons. The molecule has 0 amide bonds. The Kier molecular flexibility index (Phi) is 6.73. The van der Waals surface area contributed by atoms with Crippen molar-refractivity contribution in [2.45, 2.75) is 38.5 Å². The van der Waals surface area contributed by atoms with Gasteiger partial charge < -0.3 is 5.73 Å². The van der Waals surface area contributed by atoms with Crippen LogP contribution < -0.4 is 5.73 Å². The third-order valence-electron chi connectivity index (χ3n) is 3.38. The molecule has 0 unspecified atom stereocenters. The maximum atomic E-state index is 6.15. The van der Waals surface area contributed by atoms with Crippen LogP contribution in [0.4, 0.5) is 5.69 Å². The van der Waals surface area contributed by atoms with Crippen LogP contribution in [0.2, 0.25) is 0 Å². The normalized spacial score (nSPS) is 10.1. The number of aryl methyl sites for hydroxylation is 1. The number of rotatable bonds is 9. The molecule has 0 atom stereocenters. The lowest BCUT2D eigenvalue weighted by molar-refractivity contribution is 0.887. The Labute approximate surface area is 117 Å². The summed E-state index contributed by atoms with van der Waals surface area (Å²) in [6.45, 7) is 11.4. The van der Waals surface area contributed by atoms with Crippen LogP contribution in [0.25, 0.3) is 0 Å². The second-order valence-corrected chi connectivity index (χ2v) is 4.75. The molecule has 0 bridgehead atoms. The van der Waals surface area contributed by atoms with E-state index in [0.29, 0.717) is 0 Å². The summed E-state index contributed by atoms with van der Waals surface area (Å²) in [5.74, 6) is 0. The number of anilines is 1. The second-order valence-electron chi connectivity index (χ2n) is 4.75. The number of benzene rings is 1. The minimum Gasteiger partial charge on any atom is -0.398 e. The average Bonchev–Trinajstić information content (AvgIpc) is 2.42. The summed E-state index contributed by atoms with van der Waals surface area (Å²) >= 11 is 0. The fourth-order valence-electron chi connectivity index (χ4n) is 2.35. The molecule has 0 aliphatic heterocycles. The Hall–Kier alpha value is -1.76. The SMILES string of the molecule is C=CCCc1ccc(N)c(CCC=C)c1CCC=C. The number of nitrogens with two attached hydrogens (primary N) is 1. The van der Waals surface area contributed by atoms with Crippen molar-refractivity contribution in [3.05, 3.63) is 66.8 Å². The fraction of sp³-hybridized carbons (Fsp3) is 0.333. The van der Waals surface area contributed by atoms with Gasteiger partial charge in [-0.3, -0.25) is 0 Å². The van der Waals surface area contributed by atoms with Gasteiger partial charge in [0.25, 0.3) is 0 Å². The van der Waals surface area contributed by atoms with Crippen LogP contribution in [0.1, 0.15) is 36.0 Å². The first-order valence-electron chi connectivity index (χ1n) is 6.96. The van der Waals surface area contributed by atoms with E-state index in [-0.39, 0.29) is 0 Å². The Morgan fingerprint density at radius 1 is 0.789 bits per heavy atom. The lowest BCUT2D eigenvalue weighted by Gasteiger charge is -2.16. The monoisotopic (exact) mass is 255 g/mol. The van der Waals surface area contributed by atoms with E-state index >= 15 is 0 Å². The molecule has 1 aromatic rings. The van der Waals surface area contributed by atoms with Gasteiger partial charge in [-0.15, -0.1) is 19.7 Å². The summed E-state index contributed by atoms with van der Waals surface area (Å²) in [6.07, 6.45) is 11.9. The molecule has 0 radical (unpaired) electrons. The maximum absolute atomic E-state index is 6.15. The van der Waals surface area contributed by atoms with Gasteiger partial charge in [0.05, 0.1) is 0 Å². The van der Waals surface area contributed by atoms with Crippen molar-refractivity contribution < 1.29 is 0 Å². The standard InChI is InChI=1S/C18H25N/c1-4-7-10-15-13-14-18(19)17(12-9-6-3)16(15)11-8-5-2/h4-6,13-14H,1-3,7-12,19H2. The molecular weight excluding hydrogens is 230 g/mol. The third kappa shape index (κ3) is 4.44. The quantitative estimate of drug-likeness (QED) is 0.505. The molecule has 19 heavy (non-hydrogen) atoms. The Morgan fingerprint density at radius 3 is 1.89 bits per heavy atom. The van der Waals surface area contributed by atoms with Gasteiger partial charge in [-0.1, -0.05) is 24.3 Å². The summed E-state index contributed by atoms with van der Waals surface area (Å²) < 4.78 is 0. The summed E-state index contributed by atoms with van der Waals surface area (Å²) in [5, 5.41) is 0. The highest BCUT2D eigenvalue weighted by atomic mass is 14.6. The van der Waals surface area contributed by atoms with E-state index in [2.05, 4.69) is 25.8 Å². The zero-order valence-corrected chi connectivity index (χ0v) is 11.8. The molecule has 0 spiro atoms. The van der Waals surface area contributed by atoms with Crippen LogP contribution in [0.3, 0.4) is 0 Å². The van der Waals surface area contributed by atoms with E-state index in [1.807, 2.05) is 24.3 Å². The number of hydrogen-bond donors (Lipinski definition) is 1. The molecule has 0 saturated carbocycles. The van der Waals surface area contributed by atoms with E-state index in [9.17, 15) is 0 Å². The van der Waals surface area contributed by atoms with Crippen LogP contribution >= 0.6 is 0 Å². The Bertz CT molecular complexity index is 443. The summed E-state index contributed by atoms with van der Waals surface area (Å²) in [7, 11) is 0. The molecule has 2 N–H and O–H groups in total. The second kappa shape index (κ2) is 8.36. The molecule has 1 nitrogen and oxygen atoms in total. The third-order valence-corrected chi connectivity index (χ3v) is 3.38. The highest BCUT2D eigenvalue weighted by Crippen LogP contribution is 2.26. The average molecular weight is 255 g/mol. The van der Waals surface area contributed by atoms with Crippen molar-refractivity contribution in [3.63, 3.8) is 0 Å². The van der Waals surface area contributed by atoms with E-state index in [1.54, 1.807) is 0 Å². The summed E-state index contributed by atoms with van der Waals surface area (Å²) in [4.78, 5) is 0. The lowest BCUT2D eigenvalue weighted by Crippen LogP contribution is -2.05. The van der Waals surface area contributed by atoms with Gasteiger partial charge in [0.15, 0.2) is 0 Å². The molecule has 1 aromatic carbocycles. The van der Waals surface area contributed by atoms with Crippen molar-refractivity contribution in [3.8, 4) is 0 Å². The van der Waals surface area contributed by atoms with Gasteiger partial charge >= 0.3 is 0 Å². The van der Waals surface area contributed by atoms with Crippen LogP contribution in [-0.2, 0) is 19.3 Å². The molecule has 0 fully saturated rings. The number of nitrogen functional groups attached to an aromatic ring is 1. The highest BCUT2D eigenvalue weighted by molar-refractivity contribution is 5.54. The van der Waals surface area contributed by atoms with Crippen molar-refractivity contribution in [2.24, 2.45) is 0 Å². The molecule has 0 aromatic heterocycles. The van der Waals surface area contributed by atoms with Crippen LogP contribution in [-0.4, -0.2) is 0 Å². The van der Waals surface area contributed by atoms with E-state index in [0.717, 1.165) is 44.2 Å². The largest absolute Gasteiger partial charge is 0.398 e. The van der Waals surface area contributed by atoms with Crippen molar-refractivity contribution in [1.29, 1.82) is 0 Å². The number of allylic oxidation sites excluding steroid dienone is 3. The number of hydrogen-bond acceptors (Lipinski definition) is 1. The molecule has 1 heteroatoms. The Morgan fingerprint density at radius 2 is 1.32 bits per heavy atom. The molecule has 0 aliphatic rings. The lowest BCUT2D eigenvalue weighted by atomic mass is 9.90. The van der Waals surface area contributed by atoms with Crippen molar-refractivity contribution >= 4 is 5.69 Å². The van der Waals surface area contributed by atoms with Gasteiger partial charge in [0.1, 0.15) is 0 Å². The Balaban J connectivity index is 3.10. The van der Waals surface area contributed by atoms with E-state index < -0.39 is 0 Å². The van der Waals surface area contributed by atoms with Crippen molar-refractivity contribution in [1.82, 2.24) is 0 Å². The summed E-state index contributed by atoms with van der Waals surface area (Å²) in [5.41, 5.74) is 11.2. The fourth-order valence-corrected chi connectivity index (χ4v) is 2.35. The van der Waals surface area contributed by atoms with Crippen LogP contribution in [0.5, 0.6) is 0 Å². The zero-order chi connectivity index (χ0) is 14.1. The first-order valence-corrected chi connectivity index (χ1v) is 6.96. The van der Waals surface area contributed by atoms with E-state index in [4.69, 9.17) is 5.73 Å². The van der Waals surface area contributed by atoms with Crippen LogP contribution in [0.15, 0.2) is 50.1 Å². The summed E-state index contributed by atoms with van der Waals surface area (Å²) in [6, 6.07) is 4.20.